The fourth-order valence-electron chi connectivity index (χ4n) is 4.12. The maximum absolute atomic E-state index is 12.4. The van der Waals surface area contributed by atoms with E-state index in [-0.39, 0.29) is 17.9 Å². The van der Waals surface area contributed by atoms with Crippen LogP contribution in [0.3, 0.4) is 0 Å². The Hall–Kier alpha value is -1.88. The molecule has 2 N–H and O–H groups in total. The van der Waals surface area contributed by atoms with Crippen LogP contribution in [0.4, 0.5) is 5.69 Å². The first-order chi connectivity index (χ1) is 12.5. The number of amides is 2. The van der Waals surface area contributed by atoms with Crippen LogP contribution in [0.25, 0.3) is 0 Å². The van der Waals surface area contributed by atoms with Gasteiger partial charge in [0.05, 0.1) is 6.04 Å². The first-order valence-corrected chi connectivity index (χ1v) is 9.95. The maximum Gasteiger partial charge on any atom is 0.227 e. The lowest BCUT2D eigenvalue weighted by atomic mass is 9.84. The first-order valence-electron chi connectivity index (χ1n) is 9.95. The lowest BCUT2D eigenvalue weighted by Crippen LogP contribution is -2.34. The zero-order chi connectivity index (χ0) is 18.5. The summed E-state index contributed by atoms with van der Waals surface area (Å²) in [5.74, 6) is 1.40. The van der Waals surface area contributed by atoms with Crippen LogP contribution in [0, 0.1) is 11.8 Å². The van der Waals surface area contributed by atoms with Crippen molar-refractivity contribution in [2.24, 2.45) is 11.8 Å². The van der Waals surface area contributed by atoms with Crippen LogP contribution >= 0.6 is 0 Å². The molecule has 1 aromatic rings. The van der Waals surface area contributed by atoms with E-state index in [1.165, 1.54) is 12.8 Å². The lowest BCUT2D eigenvalue weighted by molar-refractivity contribution is -0.123. The molecule has 2 fully saturated rings. The van der Waals surface area contributed by atoms with Crippen molar-refractivity contribution in [3.8, 4) is 0 Å². The Morgan fingerprint density at radius 2 is 1.92 bits per heavy atom. The number of carbonyl (C=O) groups is 2. The largest absolute Gasteiger partial charge is 0.350 e. The predicted molar refractivity (Wildman–Crippen MR) is 104 cm³/mol. The van der Waals surface area contributed by atoms with E-state index in [1.807, 2.05) is 36.1 Å². The van der Waals surface area contributed by atoms with Gasteiger partial charge in [-0.25, -0.2) is 0 Å². The van der Waals surface area contributed by atoms with Crippen LogP contribution in [0.5, 0.6) is 0 Å². The fourth-order valence-corrected chi connectivity index (χ4v) is 4.12. The zero-order valence-electron chi connectivity index (χ0n) is 16.0. The van der Waals surface area contributed by atoms with Crippen molar-refractivity contribution in [3.05, 3.63) is 29.8 Å². The molecule has 0 radical (unpaired) electrons. The first kappa shape index (κ1) is 18.9. The van der Waals surface area contributed by atoms with Crippen molar-refractivity contribution < 1.29 is 9.59 Å². The summed E-state index contributed by atoms with van der Waals surface area (Å²) in [6, 6.07) is 7.98. The molecule has 142 valence electrons. The van der Waals surface area contributed by atoms with Crippen molar-refractivity contribution in [1.29, 1.82) is 0 Å². The summed E-state index contributed by atoms with van der Waals surface area (Å²) in [7, 11) is 0. The van der Waals surface area contributed by atoms with E-state index < -0.39 is 0 Å². The van der Waals surface area contributed by atoms with Crippen molar-refractivity contribution in [2.75, 3.05) is 24.5 Å². The Kier molecular flexibility index (Phi) is 6.30. The highest BCUT2D eigenvalue weighted by Gasteiger charge is 2.23. The molecular weight excluding hydrogens is 326 g/mol. The van der Waals surface area contributed by atoms with E-state index in [2.05, 4.69) is 17.6 Å². The number of hydrogen-bond donors (Lipinski definition) is 2. The van der Waals surface area contributed by atoms with Gasteiger partial charge in [0.1, 0.15) is 0 Å². The fraction of sp³-hybridized carbons (Fsp3) is 0.619. The van der Waals surface area contributed by atoms with E-state index in [4.69, 9.17) is 0 Å². The van der Waals surface area contributed by atoms with Gasteiger partial charge in [-0.1, -0.05) is 19.1 Å². The average molecular weight is 357 g/mol. The third kappa shape index (κ3) is 4.64. The molecule has 2 atom stereocenters. The van der Waals surface area contributed by atoms with Gasteiger partial charge in [0.2, 0.25) is 11.8 Å². The molecule has 2 amide bonds. The van der Waals surface area contributed by atoms with Gasteiger partial charge in [0.25, 0.3) is 0 Å². The Morgan fingerprint density at radius 3 is 2.54 bits per heavy atom. The number of nitrogens with zero attached hydrogens (tertiary/aromatic N) is 1. The number of carbonyl (C=O) groups excluding carboxylic acids is 2. The molecule has 5 heteroatoms. The molecule has 0 saturated carbocycles. The Labute approximate surface area is 156 Å². The third-order valence-electron chi connectivity index (χ3n) is 5.85. The summed E-state index contributed by atoms with van der Waals surface area (Å²) in [4.78, 5) is 26.1. The zero-order valence-corrected chi connectivity index (χ0v) is 16.0. The maximum atomic E-state index is 12.4. The summed E-state index contributed by atoms with van der Waals surface area (Å²) in [6.45, 7) is 7.15. The van der Waals surface area contributed by atoms with Gasteiger partial charge < -0.3 is 15.5 Å². The standard InChI is InChI=1S/C21H31N3O2/c1-15(17-9-11-22-12-10-17)14-20(25)23-16(2)18-5-7-19(8-6-18)24-13-3-4-21(24)26/h5-8,15-17,22H,3-4,9-14H2,1-2H3,(H,23,25). The summed E-state index contributed by atoms with van der Waals surface area (Å²) in [5, 5.41) is 6.51. The molecule has 0 spiro atoms. The molecule has 1 aromatic carbocycles. The SMILES string of the molecule is CC(NC(=O)CC(C)C1CCNCC1)c1ccc(N2CCCC2=O)cc1. The molecule has 0 bridgehead atoms. The van der Waals surface area contributed by atoms with Gasteiger partial charge in [-0.3, -0.25) is 9.59 Å². The molecular formula is C21H31N3O2. The number of anilines is 1. The molecule has 0 aliphatic carbocycles. The summed E-state index contributed by atoms with van der Waals surface area (Å²) < 4.78 is 0. The van der Waals surface area contributed by atoms with Gasteiger partial charge in [-0.2, -0.15) is 0 Å². The van der Waals surface area contributed by atoms with E-state index >= 15 is 0 Å². The molecule has 2 aliphatic rings. The lowest BCUT2D eigenvalue weighted by Gasteiger charge is -2.28. The van der Waals surface area contributed by atoms with Crippen molar-refractivity contribution in [1.82, 2.24) is 10.6 Å². The highest BCUT2D eigenvalue weighted by molar-refractivity contribution is 5.95. The quantitative estimate of drug-likeness (QED) is 0.823. The number of benzene rings is 1. The minimum absolute atomic E-state index is 0.0222. The molecule has 0 aromatic heterocycles. The van der Waals surface area contributed by atoms with Crippen LogP contribution < -0.4 is 15.5 Å². The minimum Gasteiger partial charge on any atom is -0.350 e. The average Bonchev–Trinajstić information content (AvgIpc) is 3.08. The number of rotatable bonds is 6. The Bertz CT molecular complexity index is 623. The minimum atomic E-state index is -0.0222. The third-order valence-corrected chi connectivity index (χ3v) is 5.85. The second-order valence-corrected chi connectivity index (χ2v) is 7.80. The monoisotopic (exact) mass is 357 g/mol. The molecule has 5 nitrogen and oxygen atoms in total. The Balaban J connectivity index is 1.51. The van der Waals surface area contributed by atoms with Crippen LogP contribution in [-0.4, -0.2) is 31.4 Å². The van der Waals surface area contributed by atoms with Crippen LogP contribution in [-0.2, 0) is 9.59 Å². The van der Waals surface area contributed by atoms with Gasteiger partial charge in [0, 0.05) is 25.1 Å². The summed E-state index contributed by atoms with van der Waals surface area (Å²) in [6.07, 6.45) is 4.50. The number of piperidine rings is 1. The second-order valence-electron chi connectivity index (χ2n) is 7.80. The highest BCUT2D eigenvalue weighted by atomic mass is 16.2. The molecule has 2 heterocycles. The van der Waals surface area contributed by atoms with Gasteiger partial charge in [-0.05, 0) is 68.8 Å². The second kappa shape index (κ2) is 8.67. The molecule has 2 unspecified atom stereocenters. The van der Waals surface area contributed by atoms with Crippen LogP contribution in [0.2, 0.25) is 0 Å². The van der Waals surface area contributed by atoms with Crippen molar-refractivity contribution in [2.45, 2.75) is 52.0 Å². The van der Waals surface area contributed by atoms with Crippen LogP contribution in [0.15, 0.2) is 24.3 Å². The van der Waals surface area contributed by atoms with E-state index in [0.29, 0.717) is 24.7 Å². The van der Waals surface area contributed by atoms with E-state index in [0.717, 1.165) is 37.3 Å². The van der Waals surface area contributed by atoms with Crippen molar-refractivity contribution >= 4 is 17.5 Å². The number of nitrogens with one attached hydrogen (secondary N) is 2. The topological polar surface area (TPSA) is 61.4 Å². The normalized spacial score (nSPS) is 20.8. The number of hydrogen-bond acceptors (Lipinski definition) is 3. The van der Waals surface area contributed by atoms with Gasteiger partial charge in [-0.15, -0.1) is 0 Å². The van der Waals surface area contributed by atoms with E-state index in [1.54, 1.807) is 0 Å². The molecule has 2 aliphatic heterocycles. The van der Waals surface area contributed by atoms with Gasteiger partial charge >= 0.3 is 0 Å². The van der Waals surface area contributed by atoms with Crippen LogP contribution in [0.1, 0.15) is 57.6 Å². The van der Waals surface area contributed by atoms with Gasteiger partial charge in [0.15, 0.2) is 0 Å². The highest BCUT2D eigenvalue weighted by Crippen LogP contribution is 2.26. The van der Waals surface area contributed by atoms with E-state index in [9.17, 15) is 9.59 Å². The summed E-state index contributed by atoms with van der Waals surface area (Å²) in [5.41, 5.74) is 2.03. The summed E-state index contributed by atoms with van der Waals surface area (Å²) >= 11 is 0. The molecule has 3 rings (SSSR count). The Morgan fingerprint density at radius 1 is 1.23 bits per heavy atom. The predicted octanol–water partition coefficient (Wildman–Crippen LogP) is 3.02. The molecule has 2 saturated heterocycles. The molecule has 26 heavy (non-hydrogen) atoms. The van der Waals surface area contributed by atoms with Crippen molar-refractivity contribution in [3.63, 3.8) is 0 Å². The smallest absolute Gasteiger partial charge is 0.227 e.